The third-order valence-electron chi connectivity index (χ3n) is 1.12. The predicted octanol–water partition coefficient (Wildman–Crippen LogP) is 0.323. The summed E-state index contributed by atoms with van der Waals surface area (Å²) in [6.45, 7) is 1.74. The first-order chi connectivity index (χ1) is 4.20. The molecule has 2 radical (unpaired) electrons. The van der Waals surface area contributed by atoms with Gasteiger partial charge in [0.05, 0.1) is 0 Å². The van der Waals surface area contributed by atoms with E-state index in [4.69, 9.17) is 7.85 Å². The fourth-order valence-corrected chi connectivity index (χ4v) is 0.532. The van der Waals surface area contributed by atoms with Crippen LogP contribution >= 0.6 is 0 Å². The van der Waals surface area contributed by atoms with Crippen molar-refractivity contribution in [2.24, 2.45) is 0 Å². The lowest BCUT2D eigenvalue weighted by atomic mass is 9.94. The summed E-state index contributed by atoms with van der Waals surface area (Å²) in [5.41, 5.74) is 1.25. The molecule has 0 saturated carbocycles. The van der Waals surface area contributed by atoms with Gasteiger partial charge in [-0.15, -0.1) is 0 Å². The van der Waals surface area contributed by atoms with Gasteiger partial charge in [-0.1, -0.05) is 11.0 Å². The van der Waals surface area contributed by atoms with Gasteiger partial charge in [0.1, 0.15) is 7.85 Å². The highest BCUT2D eigenvalue weighted by atomic mass is 19.1. The molecule has 1 aromatic rings. The van der Waals surface area contributed by atoms with Crippen LogP contribution in [0.3, 0.4) is 0 Å². The smallest absolute Gasteiger partial charge is 0.213 e. The van der Waals surface area contributed by atoms with E-state index in [0.29, 0.717) is 5.46 Å². The van der Waals surface area contributed by atoms with Crippen molar-refractivity contribution in [2.45, 2.75) is 6.92 Å². The van der Waals surface area contributed by atoms with Crippen molar-refractivity contribution >= 4 is 13.3 Å². The van der Waals surface area contributed by atoms with Gasteiger partial charge in [-0.2, -0.15) is 4.39 Å². The molecule has 1 aromatic heterocycles. The molecular weight excluding hydrogens is 116 g/mol. The van der Waals surface area contributed by atoms with Crippen LogP contribution < -0.4 is 5.46 Å². The Morgan fingerprint density at radius 1 is 1.67 bits per heavy atom. The quantitative estimate of drug-likeness (QED) is 0.355. The summed E-state index contributed by atoms with van der Waals surface area (Å²) in [4.78, 5) is 3.35. The standard InChI is InChI=1S/C6H5BFN/c1-4-2-6(8)9-3-5(4)7/h2-3H,1H3. The highest BCUT2D eigenvalue weighted by Crippen LogP contribution is 1.92. The maximum Gasteiger partial charge on any atom is 0.213 e. The Bertz CT molecular complexity index is 224. The molecule has 0 amide bonds. The molecule has 0 aliphatic heterocycles. The number of halogens is 1. The number of aromatic nitrogens is 1. The van der Waals surface area contributed by atoms with E-state index in [2.05, 4.69) is 4.98 Å². The van der Waals surface area contributed by atoms with Crippen molar-refractivity contribution in [1.82, 2.24) is 4.98 Å². The molecule has 1 heterocycles. The van der Waals surface area contributed by atoms with E-state index in [1.807, 2.05) is 0 Å². The van der Waals surface area contributed by atoms with Crippen molar-refractivity contribution in [2.75, 3.05) is 0 Å². The normalized spacial score (nSPS) is 9.56. The first kappa shape index (κ1) is 6.27. The van der Waals surface area contributed by atoms with Crippen molar-refractivity contribution in [3.8, 4) is 0 Å². The molecule has 0 atom stereocenters. The van der Waals surface area contributed by atoms with E-state index in [-0.39, 0.29) is 0 Å². The molecule has 1 nitrogen and oxygen atoms in total. The highest BCUT2D eigenvalue weighted by Gasteiger charge is 1.92. The van der Waals surface area contributed by atoms with Gasteiger partial charge in [-0.3, -0.25) is 0 Å². The predicted molar refractivity (Wildman–Crippen MR) is 34.3 cm³/mol. The Balaban J connectivity index is 3.17. The molecule has 0 aliphatic carbocycles. The second kappa shape index (κ2) is 2.17. The second-order valence-electron chi connectivity index (χ2n) is 1.86. The van der Waals surface area contributed by atoms with Crippen molar-refractivity contribution < 1.29 is 4.39 Å². The Morgan fingerprint density at radius 2 is 2.33 bits per heavy atom. The molecule has 9 heavy (non-hydrogen) atoms. The summed E-state index contributed by atoms with van der Waals surface area (Å²) >= 11 is 0. The highest BCUT2D eigenvalue weighted by molar-refractivity contribution is 6.33. The Kier molecular flexibility index (Phi) is 1.51. The minimum atomic E-state index is -0.485. The van der Waals surface area contributed by atoms with Gasteiger partial charge >= 0.3 is 0 Å². The summed E-state index contributed by atoms with van der Waals surface area (Å²) in [5, 5.41) is 0. The molecule has 0 fully saturated rings. The fourth-order valence-electron chi connectivity index (χ4n) is 0.532. The van der Waals surface area contributed by atoms with Gasteiger partial charge in [0.15, 0.2) is 0 Å². The van der Waals surface area contributed by atoms with Gasteiger partial charge in [0.25, 0.3) is 0 Å². The maximum absolute atomic E-state index is 12.2. The average molecular weight is 121 g/mol. The molecule has 0 bridgehead atoms. The van der Waals surface area contributed by atoms with Crippen LogP contribution in [0.15, 0.2) is 12.3 Å². The lowest BCUT2D eigenvalue weighted by Crippen LogP contribution is -2.08. The minimum absolute atomic E-state index is 0.485. The van der Waals surface area contributed by atoms with Crippen LogP contribution in [0.25, 0.3) is 0 Å². The minimum Gasteiger partial charge on any atom is -0.229 e. The SMILES string of the molecule is [B]c1cnc(F)cc1C. The summed E-state index contributed by atoms with van der Waals surface area (Å²) in [7, 11) is 5.36. The van der Waals surface area contributed by atoms with Crippen molar-refractivity contribution in [1.29, 1.82) is 0 Å². The van der Waals surface area contributed by atoms with E-state index >= 15 is 0 Å². The number of hydrogen-bond acceptors (Lipinski definition) is 1. The van der Waals surface area contributed by atoms with Crippen molar-refractivity contribution in [3.05, 3.63) is 23.8 Å². The van der Waals surface area contributed by atoms with Gasteiger partial charge < -0.3 is 0 Å². The lowest BCUT2D eigenvalue weighted by Gasteiger charge is -1.95. The maximum atomic E-state index is 12.2. The van der Waals surface area contributed by atoms with Crippen LogP contribution in [0, 0.1) is 12.9 Å². The molecule has 0 saturated heterocycles. The van der Waals surface area contributed by atoms with Crippen LogP contribution in [-0.2, 0) is 0 Å². The Labute approximate surface area is 54.3 Å². The molecule has 44 valence electrons. The molecule has 0 aliphatic rings. The van der Waals surface area contributed by atoms with Gasteiger partial charge in [0.2, 0.25) is 5.95 Å². The van der Waals surface area contributed by atoms with Gasteiger partial charge in [-0.25, -0.2) is 4.98 Å². The topological polar surface area (TPSA) is 12.9 Å². The summed E-state index contributed by atoms with van der Waals surface area (Å²) in [6, 6.07) is 1.30. The molecule has 0 spiro atoms. The van der Waals surface area contributed by atoms with Crippen LogP contribution in [0.5, 0.6) is 0 Å². The van der Waals surface area contributed by atoms with E-state index in [9.17, 15) is 4.39 Å². The second-order valence-corrected chi connectivity index (χ2v) is 1.86. The zero-order valence-corrected chi connectivity index (χ0v) is 5.06. The van der Waals surface area contributed by atoms with Crippen molar-refractivity contribution in [3.63, 3.8) is 0 Å². The van der Waals surface area contributed by atoms with E-state index in [1.54, 1.807) is 6.92 Å². The number of hydrogen-bond donors (Lipinski definition) is 0. The number of pyridine rings is 1. The molecule has 0 unspecified atom stereocenters. The summed E-state index contributed by atoms with van der Waals surface area (Å²) < 4.78 is 12.2. The largest absolute Gasteiger partial charge is 0.229 e. The first-order valence-electron chi connectivity index (χ1n) is 2.58. The zero-order valence-electron chi connectivity index (χ0n) is 5.06. The molecular formula is C6H5BFN. The molecule has 3 heteroatoms. The summed E-state index contributed by atoms with van der Waals surface area (Å²) in [5.74, 6) is -0.485. The monoisotopic (exact) mass is 121 g/mol. The first-order valence-corrected chi connectivity index (χ1v) is 2.58. The summed E-state index contributed by atoms with van der Waals surface area (Å²) in [6.07, 6.45) is 1.31. The lowest BCUT2D eigenvalue weighted by molar-refractivity contribution is 0.583. The average Bonchev–Trinajstić information content (AvgIpc) is 1.80. The van der Waals surface area contributed by atoms with E-state index in [1.165, 1.54) is 12.3 Å². The van der Waals surface area contributed by atoms with Gasteiger partial charge in [-0.05, 0) is 13.0 Å². The van der Waals surface area contributed by atoms with Crippen LogP contribution in [0.2, 0.25) is 0 Å². The molecule has 1 rings (SSSR count). The fraction of sp³-hybridized carbons (Fsp3) is 0.167. The Morgan fingerprint density at radius 3 is 2.78 bits per heavy atom. The van der Waals surface area contributed by atoms with Crippen LogP contribution in [0.1, 0.15) is 5.56 Å². The van der Waals surface area contributed by atoms with E-state index in [0.717, 1.165) is 5.56 Å². The van der Waals surface area contributed by atoms with Crippen LogP contribution in [-0.4, -0.2) is 12.8 Å². The number of nitrogens with zero attached hydrogens (tertiary/aromatic N) is 1. The third kappa shape index (κ3) is 1.28. The Hall–Kier alpha value is -0.855. The van der Waals surface area contributed by atoms with E-state index < -0.39 is 5.95 Å². The number of rotatable bonds is 0. The van der Waals surface area contributed by atoms with Crippen LogP contribution in [0.4, 0.5) is 4.39 Å². The third-order valence-corrected chi connectivity index (χ3v) is 1.12. The number of aryl methyl sites for hydroxylation is 1. The zero-order chi connectivity index (χ0) is 6.85. The van der Waals surface area contributed by atoms with Gasteiger partial charge in [0, 0.05) is 6.20 Å². The molecule has 0 aromatic carbocycles. The molecule has 0 N–H and O–H groups in total.